The number of hydrogen-bond acceptors (Lipinski definition) is 2. The average Bonchev–Trinajstić information content (AvgIpc) is 3.00. The Hall–Kier alpha value is -0.990. The molecular formula is C14H25N3. The van der Waals surface area contributed by atoms with E-state index in [1.165, 1.54) is 25.7 Å². The molecule has 0 unspecified atom stereocenters. The van der Waals surface area contributed by atoms with Crippen LogP contribution in [0.5, 0.6) is 0 Å². The van der Waals surface area contributed by atoms with Crippen LogP contribution in [-0.2, 0) is 6.54 Å². The Labute approximate surface area is 105 Å². The molecule has 3 nitrogen and oxygen atoms in total. The fourth-order valence-corrected chi connectivity index (χ4v) is 2.11. The lowest BCUT2D eigenvalue weighted by atomic mass is 10.2. The van der Waals surface area contributed by atoms with E-state index in [4.69, 9.17) is 0 Å². The highest BCUT2D eigenvalue weighted by molar-refractivity contribution is 5.28. The first-order valence-electron chi connectivity index (χ1n) is 6.93. The fraction of sp³-hybridized carbons (Fsp3) is 0.786. The van der Waals surface area contributed by atoms with Gasteiger partial charge in [-0.2, -0.15) is 0 Å². The highest BCUT2D eigenvalue weighted by Crippen LogP contribution is 2.33. The molecule has 0 amide bonds. The van der Waals surface area contributed by atoms with Crippen LogP contribution in [0.4, 0.5) is 5.95 Å². The first kappa shape index (κ1) is 12.5. The SMILES string of the molecule is Cc1cn(CCCC2CC2)c(NCC(C)C)n1. The van der Waals surface area contributed by atoms with Crippen molar-refractivity contribution in [3.63, 3.8) is 0 Å². The molecule has 1 saturated carbocycles. The number of rotatable bonds is 7. The predicted octanol–water partition coefficient (Wildman–Crippen LogP) is 3.45. The van der Waals surface area contributed by atoms with Crippen LogP contribution >= 0.6 is 0 Å². The van der Waals surface area contributed by atoms with Crippen molar-refractivity contribution in [1.82, 2.24) is 9.55 Å². The van der Waals surface area contributed by atoms with Gasteiger partial charge in [0.1, 0.15) is 0 Å². The molecule has 96 valence electrons. The minimum absolute atomic E-state index is 0.659. The molecular weight excluding hydrogens is 210 g/mol. The quantitative estimate of drug-likeness (QED) is 0.784. The van der Waals surface area contributed by atoms with Gasteiger partial charge in [0.2, 0.25) is 5.95 Å². The highest BCUT2D eigenvalue weighted by Gasteiger charge is 2.20. The van der Waals surface area contributed by atoms with Gasteiger partial charge in [-0.15, -0.1) is 0 Å². The Bertz CT molecular complexity index is 350. The van der Waals surface area contributed by atoms with Gasteiger partial charge in [0, 0.05) is 19.3 Å². The second-order valence-electron chi connectivity index (χ2n) is 5.76. The molecule has 0 atom stereocenters. The van der Waals surface area contributed by atoms with Gasteiger partial charge in [-0.1, -0.05) is 26.7 Å². The van der Waals surface area contributed by atoms with E-state index >= 15 is 0 Å². The summed E-state index contributed by atoms with van der Waals surface area (Å²) in [6.45, 7) is 8.62. The largest absolute Gasteiger partial charge is 0.355 e. The van der Waals surface area contributed by atoms with E-state index in [2.05, 4.69) is 41.8 Å². The van der Waals surface area contributed by atoms with Gasteiger partial charge in [0.15, 0.2) is 0 Å². The molecule has 1 aromatic rings. The van der Waals surface area contributed by atoms with Gasteiger partial charge in [0.05, 0.1) is 5.69 Å². The number of imidazole rings is 1. The zero-order chi connectivity index (χ0) is 12.3. The zero-order valence-corrected chi connectivity index (χ0v) is 11.4. The second kappa shape index (κ2) is 5.56. The second-order valence-corrected chi connectivity index (χ2v) is 5.76. The highest BCUT2D eigenvalue weighted by atomic mass is 15.2. The molecule has 2 rings (SSSR count). The number of hydrogen-bond donors (Lipinski definition) is 1. The van der Waals surface area contributed by atoms with Crippen molar-refractivity contribution in [3.8, 4) is 0 Å². The molecule has 3 heteroatoms. The number of aromatic nitrogens is 2. The van der Waals surface area contributed by atoms with Gasteiger partial charge in [0.25, 0.3) is 0 Å². The lowest BCUT2D eigenvalue weighted by molar-refractivity contribution is 0.576. The summed E-state index contributed by atoms with van der Waals surface area (Å²) in [5, 5.41) is 3.44. The molecule has 1 aliphatic carbocycles. The summed E-state index contributed by atoms with van der Waals surface area (Å²) in [5.74, 6) is 2.74. The van der Waals surface area contributed by atoms with E-state index in [1.54, 1.807) is 0 Å². The predicted molar refractivity (Wildman–Crippen MR) is 72.2 cm³/mol. The molecule has 0 radical (unpaired) electrons. The molecule has 1 N–H and O–H groups in total. The minimum Gasteiger partial charge on any atom is -0.355 e. The van der Waals surface area contributed by atoms with Crippen molar-refractivity contribution in [1.29, 1.82) is 0 Å². The van der Waals surface area contributed by atoms with E-state index in [0.717, 1.165) is 30.6 Å². The molecule has 1 heterocycles. The minimum atomic E-state index is 0.659. The molecule has 1 fully saturated rings. The summed E-state index contributed by atoms with van der Waals surface area (Å²) in [5.41, 5.74) is 1.11. The van der Waals surface area contributed by atoms with Crippen LogP contribution in [0.3, 0.4) is 0 Å². The van der Waals surface area contributed by atoms with Crippen molar-refractivity contribution in [2.45, 2.75) is 53.0 Å². The number of anilines is 1. The average molecular weight is 235 g/mol. The first-order valence-corrected chi connectivity index (χ1v) is 6.93. The molecule has 17 heavy (non-hydrogen) atoms. The van der Waals surface area contributed by atoms with E-state index in [1.807, 2.05) is 0 Å². The van der Waals surface area contributed by atoms with Crippen LogP contribution in [-0.4, -0.2) is 16.1 Å². The number of aryl methyl sites for hydroxylation is 2. The van der Waals surface area contributed by atoms with Crippen LogP contribution in [0.2, 0.25) is 0 Å². The Morgan fingerprint density at radius 3 is 2.88 bits per heavy atom. The van der Waals surface area contributed by atoms with Crippen LogP contribution < -0.4 is 5.32 Å². The molecule has 0 aromatic carbocycles. The standard InChI is InChI=1S/C14H25N3/c1-11(2)9-15-14-16-12(3)10-17(14)8-4-5-13-6-7-13/h10-11,13H,4-9H2,1-3H3,(H,15,16). The summed E-state index contributed by atoms with van der Waals surface area (Å²) in [7, 11) is 0. The Balaban J connectivity index is 1.84. The molecule has 1 aromatic heterocycles. The Kier molecular flexibility index (Phi) is 4.08. The third-order valence-corrected chi connectivity index (χ3v) is 3.27. The van der Waals surface area contributed by atoms with Gasteiger partial charge in [-0.3, -0.25) is 0 Å². The Morgan fingerprint density at radius 1 is 1.47 bits per heavy atom. The smallest absolute Gasteiger partial charge is 0.203 e. The van der Waals surface area contributed by atoms with E-state index in [0.29, 0.717) is 5.92 Å². The van der Waals surface area contributed by atoms with E-state index in [9.17, 15) is 0 Å². The third-order valence-electron chi connectivity index (χ3n) is 3.27. The summed E-state index contributed by atoms with van der Waals surface area (Å²) in [4.78, 5) is 4.55. The van der Waals surface area contributed by atoms with Gasteiger partial charge in [-0.05, 0) is 31.6 Å². The lowest BCUT2D eigenvalue weighted by Crippen LogP contribution is -2.12. The maximum Gasteiger partial charge on any atom is 0.203 e. The monoisotopic (exact) mass is 235 g/mol. The first-order chi connectivity index (χ1) is 8.15. The molecule has 1 aliphatic rings. The number of nitrogens with one attached hydrogen (secondary N) is 1. The van der Waals surface area contributed by atoms with E-state index in [-0.39, 0.29) is 0 Å². The van der Waals surface area contributed by atoms with Crippen molar-refractivity contribution in [2.24, 2.45) is 11.8 Å². The third kappa shape index (κ3) is 4.06. The maximum atomic E-state index is 4.55. The van der Waals surface area contributed by atoms with Gasteiger partial charge in [-0.25, -0.2) is 4.98 Å². The molecule has 0 saturated heterocycles. The normalized spacial score (nSPS) is 15.5. The molecule has 0 spiro atoms. The molecule has 0 bridgehead atoms. The number of nitrogens with zero attached hydrogens (tertiary/aromatic N) is 2. The molecule has 0 aliphatic heterocycles. The Morgan fingerprint density at radius 2 is 2.24 bits per heavy atom. The maximum absolute atomic E-state index is 4.55. The summed E-state index contributed by atoms with van der Waals surface area (Å²) in [6, 6.07) is 0. The van der Waals surface area contributed by atoms with Crippen molar-refractivity contribution < 1.29 is 0 Å². The van der Waals surface area contributed by atoms with Crippen LogP contribution in [0.1, 0.15) is 45.2 Å². The van der Waals surface area contributed by atoms with Crippen molar-refractivity contribution in [2.75, 3.05) is 11.9 Å². The van der Waals surface area contributed by atoms with Crippen LogP contribution in [0.25, 0.3) is 0 Å². The lowest BCUT2D eigenvalue weighted by Gasteiger charge is -2.11. The van der Waals surface area contributed by atoms with Crippen LogP contribution in [0.15, 0.2) is 6.20 Å². The summed E-state index contributed by atoms with van der Waals surface area (Å²) >= 11 is 0. The van der Waals surface area contributed by atoms with E-state index < -0.39 is 0 Å². The van der Waals surface area contributed by atoms with Crippen LogP contribution in [0, 0.1) is 18.8 Å². The zero-order valence-electron chi connectivity index (χ0n) is 11.4. The topological polar surface area (TPSA) is 29.9 Å². The van der Waals surface area contributed by atoms with Crippen molar-refractivity contribution in [3.05, 3.63) is 11.9 Å². The van der Waals surface area contributed by atoms with Gasteiger partial charge >= 0.3 is 0 Å². The van der Waals surface area contributed by atoms with Gasteiger partial charge < -0.3 is 9.88 Å². The summed E-state index contributed by atoms with van der Waals surface area (Å²) in [6.07, 6.45) is 7.76. The summed E-state index contributed by atoms with van der Waals surface area (Å²) < 4.78 is 2.28. The van der Waals surface area contributed by atoms with Crippen molar-refractivity contribution >= 4 is 5.95 Å². The fourth-order valence-electron chi connectivity index (χ4n) is 2.11.